The molecule has 1 unspecified atom stereocenters. The van der Waals surface area contributed by atoms with Crippen LogP contribution in [0.4, 0.5) is 0 Å². The Bertz CT molecular complexity index is 306. The molecule has 1 atom stereocenters. The molecule has 124 valence electrons. The maximum absolute atomic E-state index is 12.2. The monoisotopic (exact) mass is 317 g/mol. The lowest BCUT2D eigenvalue weighted by molar-refractivity contribution is -0.118. The van der Waals surface area contributed by atoms with Gasteiger partial charge in [-0.25, -0.2) is 0 Å². The molecule has 0 heterocycles. The summed E-state index contributed by atoms with van der Waals surface area (Å²) in [6.07, 6.45) is 2.28. The first kappa shape index (κ1) is 20.3. The summed E-state index contributed by atoms with van der Waals surface area (Å²) in [6.45, 7) is 15.1. The summed E-state index contributed by atoms with van der Waals surface area (Å²) in [5.41, 5.74) is 0.335. The SMILES string of the molecule is C=C(CCC)C(=O)NC(CC)[Si](OCC)(OCC)OCC. The molecule has 0 bridgehead atoms. The Balaban J connectivity index is 5.10. The number of carbonyl (C=O) groups excluding carboxylic acids is 1. The van der Waals surface area contributed by atoms with Gasteiger partial charge < -0.3 is 18.6 Å². The molecule has 0 aromatic carbocycles. The highest BCUT2D eigenvalue weighted by molar-refractivity contribution is 6.62. The Kier molecular flexibility index (Phi) is 10.6. The molecule has 21 heavy (non-hydrogen) atoms. The van der Waals surface area contributed by atoms with Crippen LogP contribution in [0.3, 0.4) is 0 Å². The van der Waals surface area contributed by atoms with Gasteiger partial charge in [-0.3, -0.25) is 4.79 Å². The number of hydrogen-bond acceptors (Lipinski definition) is 4. The van der Waals surface area contributed by atoms with Crippen molar-refractivity contribution in [3.05, 3.63) is 12.2 Å². The van der Waals surface area contributed by atoms with Gasteiger partial charge in [0.2, 0.25) is 5.91 Å². The summed E-state index contributed by atoms with van der Waals surface area (Å²) in [4.78, 5) is 12.2. The zero-order valence-electron chi connectivity index (χ0n) is 14.2. The fourth-order valence-corrected chi connectivity index (χ4v) is 5.01. The van der Waals surface area contributed by atoms with Crippen molar-refractivity contribution < 1.29 is 18.1 Å². The summed E-state index contributed by atoms with van der Waals surface area (Å²) in [5.74, 6) is -0.139. The van der Waals surface area contributed by atoms with Crippen molar-refractivity contribution in [2.75, 3.05) is 19.8 Å². The van der Waals surface area contributed by atoms with E-state index in [1.807, 2.05) is 34.6 Å². The maximum Gasteiger partial charge on any atom is 0.524 e. The van der Waals surface area contributed by atoms with Gasteiger partial charge in [-0.05, 0) is 33.6 Å². The van der Waals surface area contributed by atoms with Gasteiger partial charge in [0.25, 0.3) is 0 Å². The average molecular weight is 318 g/mol. The van der Waals surface area contributed by atoms with Crippen LogP contribution in [-0.4, -0.2) is 40.2 Å². The molecule has 0 saturated carbocycles. The fraction of sp³-hybridized carbons (Fsp3) is 0.800. The molecule has 0 aliphatic heterocycles. The van der Waals surface area contributed by atoms with E-state index in [0.717, 1.165) is 6.42 Å². The number of rotatable bonds is 12. The van der Waals surface area contributed by atoms with E-state index in [4.69, 9.17) is 13.3 Å². The molecule has 0 aromatic rings. The van der Waals surface area contributed by atoms with Crippen LogP contribution >= 0.6 is 0 Å². The lowest BCUT2D eigenvalue weighted by atomic mass is 10.1. The molecule has 0 aromatic heterocycles. The first-order chi connectivity index (χ1) is 10.0. The highest BCUT2D eigenvalue weighted by Crippen LogP contribution is 2.18. The van der Waals surface area contributed by atoms with Gasteiger partial charge in [0.1, 0.15) is 0 Å². The lowest BCUT2D eigenvalue weighted by Crippen LogP contribution is -2.63. The minimum atomic E-state index is -2.93. The van der Waals surface area contributed by atoms with Gasteiger partial charge in [-0.2, -0.15) is 0 Å². The van der Waals surface area contributed by atoms with Gasteiger partial charge >= 0.3 is 8.80 Å². The van der Waals surface area contributed by atoms with Crippen molar-refractivity contribution in [1.29, 1.82) is 0 Å². The van der Waals surface area contributed by atoms with Crippen LogP contribution in [0.25, 0.3) is 0 Å². The van der Waals surface area contributed by atoms with Crippen LogP contribution in [0.15, 0.2) is 12.2 Å². The molecule has 0 fully saturated rings. The third kappa shape index (κ3) is 6.30. The number of hydrogen-bond donors (Lipinski definition) is 1. The van der Waals surface area contributed by atoms with Crippen LogP contribution in [0.5, 0.6) is 0 Å². The predicted octanol–water partition coefficient (Wildman–Crippen LogP) is 2.83. The third-order valence-electron chi connectivity index (χ3n) is 3.05. The van der Waals surface area contributed by atoms with Crippen LogP contribution in [0, 0.1) is 0 Å². The predicted molar refractivity (Wildman–Crippen MR) is 86.9 cm³/mol. The Labute approximate surface area is 130 Å². The summed E-state index contributed by atoms with van der Waals surface area (Å²) >= 11 is 0. The first-order valence-electron chi connectivity index (χ1n) is 7.91. The molecular formula is C15H31NO4Si. The van der Waals surface area contributed by atoms with Crippen LogP contribution in [0.2, 0.25) is 0 Å². The Morgan fingerprint density at radius 3 is 1.86 bits per heavy atom. The second kappa shape index (κ2) is 11.0. The van der Waals surface area contributed by atoms with E-state index in [1.165, 1.54) is 0 Å². The molecule has 6 heteroatoms. The zero-order valence-corrected chi connectivity index (χ0v) is 15.2. The van der Waals surface area contributed by atoms with Crippen molar-refractivity contribution in [2.45, 2.75) is 59.5 Å². The Morgan fingerprint density at radius 2 is 1.52 bits per heavy atom. The standard InChI is InChI=1S/C15H31NO4Si/c1-7-12-13(6)15(17)16-14(8-2)21(18-9-3,19-10-4)20-11-5/h14H,6-12H2,1-5H3,(H,16,17). The Morgan fingerprint density at radius 1 is 1.05 bits per heavy atom. The average Bonchev–Trinajstić information content (AvgIpc) is 2.45. The van der Waals surface area contributed by atoms with E-state index < -0.39 is 8.80 Å². The van der Waals surface area contributed by atoms with Crippen molar-refractivity contribution in [1.82, 2.24) is 5.32 Å². The van der Waals surface area contributed by atoms with E-state index in [0.29, 0.717) is 38.2 Å². The quantitative estimate of drug-likeness (QED) is 0.444. The molecule has 0 aliphatic rings. The smallest absolute Gasteiger partial charge is 0.373 e. The zero-order chi connectivity index (χ0) is 16.3. The van der Waals surface area contributed by atoms with E-state index in [-0.39, 0.29) is 11.6 Å². The van der Waals surface area contributed by atoms with Crippen LogP contribution in [0.1, 0.15) is 53.9 Å². The minimum Gasteiger partial charge on any atom is -0.373 e. The number of amides is 1. The normalized spacial score (nSPS) is 13.0. The van der Waals surface area contributed by atoms with Crippen LogP contribution < -0.4 is 5.32 Å². The first-order valence-corrected chi connectivity index (χ1v) is 9.71. The minimum absolute atomic E-state index is 0.139. The lowest BCUT2D eigenvalue weighted by Gasteiger charge is -2.35. The number of nitrogens with one attached hydrogen (secondary N) is 1. The van der Waals surface area contributed by atoms with Crippen molar-refractivity contribution in [3.8, 4) is 0 Å². The molecule has 5 nitrogen and oxygen atoms in total. The molecule has 0 saturated heterocycles. The van der Waals surface area contributed by atoms with Gasteiger partial charge in [0, 0.05) is 25.4 Å². The summed E-state index contributed by atoms with van der Waals surface area (Å²) < 4.78 is 17.6. The molecule has 1 N–H and O–H groups in total. The summed E-state index contributed by atoms with van der Waals surface area (Å²) in [6, 6.07) is 0. The highest BCUT2D eigenvalue weighted by Gasteiger charge is 2.49. The third-order valence-corrected chi connectivity index (χ3v) is 6.53. The molecule has 0 radical (unpaired) electrons. The molecule has 0 rings (SSSR count). The second-order valence-corrected chi connectivity index (χ2v) is 7.46. The molecule has 0 spiro atoms. The molecule has 1 amide bonds. The highest BCUT2D eigenvalue weighted by atomic mass is 28.4. The van der Waals surface area contributed by atoms with Gasteiger partial charge in [0.05, 0.1) is 5.67 Å². The molecule has 0 aliphatic carbocycles. The van der Waals surface area contributed by atoms with Crippen molar-refractivity contribution in [2.24, 2.45) is 0 Å². The Hall–Kier alpha value is -0.693. The van der Waals surface area contributed by atoms with E-state index in [2.05, 4.69) is 11.9 Å². The van der Waals surface area contributed by atoms with Crippen LogP contribution in [-0.2, 0) is 18.1 Å². The van der Waals surface area contributed by atoms with Gasteiger partial charge in [-0.1, -0.05) is 26.8 Å². The second-order valence-electron chi connectivity index (χ2n) is 4.69. The van der Waals surface area contributed by atoms with Gasteiger partial charge in [0.15, 0.2) is 0 Å². The van der Waals surface area contributed by atoms with Crippen molar-refractivity contribution >= 4 is 14.7 Å². The molecular weight excluding hydrogens is 286 g/mol. The van der Waals surface area contributed by atoms with E-state index in [9.17, 15) is 4.79 Å². The topological polar surface area (TPSA) is 56.8 Å². The van der Waals surface area contributed by atoms with Crippen molar-refractivity contribution in [3.63, 3.8) is 0 Å². The maximum atomic E-state index is 12.2. The summed E-state index contributed by atoms with van der Waals surface area (Å²) in [7, 11) is -2.93. The van der Waals surface area contributed by atoms with Gasteiger partial charge in [-0.15, -0.1) is 0 Å². The number of carbonyl (C=O) groups is 1. The van der Waals surface area contributed by atoms with E-state index >= 15 is 0 Å². The summed E-state index contributed by atoms with van der Waals surface area (Å²) in [5, 5.41) is 2.99. The fourth-order valence-electron chi connectivity index (χ4n) is 2.15. The largest absolute Gasteiger partial charge is 0.524 e. The van der Waals surface area contributed by atoms with E-state index in [1.54, 1.807) is 0 Å².